The third-order valence-electron chi connectivity index (χ3n) is 3.19. The highest BCUT2D eigenvalue weighted by Crippen LogP contribution is 2.14. The summed E-state index contributed by atoms with van der Waals surface area (Å²) >= 11 is 1.32. The van der Waals surface area contributed by atoms with Crippen molar-refractivity contribution < 1.29 is 14.3 Å². The Labute approximate surface area is 144 Å². The molecule has 0 spiro atoms. The molecule has 2 N–H and O–H groups in total. The van der Waals surface area contributed by atoms with Crippen LogP contribution in [0.4, 0.5) is 5.13 Å². The van der Waals surface area contributed by atoms with Crippen molar-refractivity contribution in [3.8, 4) is 5.75 Å². The smallest absolute Gasteiger partial charge is 0.270 e. The van der Waals surface area contributed by atoms with Gasteiger partial charge in [-0.05, 0) is 18.4 Å². The number of amides is 2. The number of hydrogen-bond donors (Lipinski definition) is 2. The molecule has 2 amide bonds. The van der Waals surface area contributed by atoms with E-state index < -0.39 is 11.9 Å². The van der Waals surface area contributed by atoms with Crippen LogP contribution >= 0.6 is 11.3 Å². The van der Waals surface area contributed by atoms with Crippen LogP contribution in [0, 0.1) is 5.92 Å². The maximum absolute atomic E-state index is 12.4. The maximum atomic E-state index is 12.4. The predicted octanol–water partition coefficient (Wildman–Crippen LogP) is 2.33. The number of nitrogens with zero attached hydrogens (tertiary/aromatic N) is 2. The van der Waals surface area contributed by atoms with Crippen LogP contribution in [-0.4, -0.2) is 34.9 Å². The lowest BCUT2D eigenvalue weighted by Crippen LogP contribution is -2.44. The van der Waals surface area contributed by atoms with Crippen LogP contribution in [0.15, 0.2) is 29.9 Å². The molecule has 0 bridgehead atoms. The summed E-state index contributed by atoms with van der Waals surface area (Å²) in [7, 11) is 1.51. The number of aromatic nitrogens is 2. The lowest BCUT2D eigenvalue weighted by Gasteiger charge is -2.19. The Morgan fingerprint density at radius 2 is 2.08 bits per heavy atom. The fourth-order valence-corrected chi connectivity index (χ4v) is 2.61. The second kappa shape index (κ2) is 8.39. The van der Waals surface area contributed by atoms with Gasteiger partial charge in [0.15, 0.2) is 5.13 Å². The monoisotopic (exact) mass is 348 g/mol. The molecule has 2 aromatic heterocycles. The first-order valence-electron chi connectivity index (χ1n) is 7.51. The number of nitrogens with one attached hydrogen (secondary N) is 2. The lowest BCUT2D eigenvalue weighted by atomic mass is 10.0. The molecule has 24 heavy (non-hydrogen) atoms. The highest BCUT2D eigenvalue weighted by molar-refractivity contribution is 7.13. The molecule has 2 rings (SSSR count). The van der Waals surface area contributed by atoms with Gasteiger partial charge >= 0.3 is 0 Å². The summed E-state index contributed by atoms with van der Waals surface area (Å²) in [5.74, 6) is 0.0437. The molecule has 128 valence electrons. The minimum Gasteiger partial charge on any atom is -0.497 e. The molecule has 0 aliphatic carbocycles. The second-order valence-corrected chi connectivity index (χ2v) is 6.46. The van der Waals surface area contributed by atoms with E-state index in [-0.39, 0.29) is 17.5 Å². The first kappa shape index (κ1) is 17.9. The number of methoxy groups -OCH3 is 1. The molecule has 0 saturated carbocycles. The van der Waals surface area contributed by atoms with Crippen LogP contribution in [0.5, 0.6) is 5.75 Å². The Morgan fingerprint density at radius 1 is 1.29 bits per heavy atom. The maximum Gasteiger partial charge on any atom is 0.270 e. The molecule has 2 aromatic rings. The van der Waals surface area contributed by atoms with E-state index in [0.717, 1.165) is 0 Å². The van der Waals surface area contributed by atoms with Gasteiger partial charge in [0.2, 0.25) is 5.91 Å². The van der Waals surface area contributed by atoms with Crippen molar-refractivity contribution in [2.75, 3.05) is 12.4 Å². The molecule has 0 aliphatic rings. The highest BCUT2D eigenvalue weighted by Gasteiger charge is 2.24. The standard InChI is InChI=1S/C16H20N4O3S/c1-10(2)8-13(15(22)20-16-18-6-7-24-16)19-14(21)12-9-11(23-3)4-5-17-12/h4-7,9-10,13H,8H2,1-3H3,(H,19,21)(H,18,20,22). The SMILES string of the molecule is COc1ccnc(C(=O)NC(CC(C)C)C(=O)Nc2nccs2)c1. The van der Waals surface area contributed by atoms with Gasteiger partial charge in [0.05, 0.1) is 7.11 Å². The van der Waals surface area contributed by atoms with Gasteiger partial charge in [-0.3, -0.25) is 14.6 Å². The van der Waals surface area contributed by atoms with Gasteiger partial charge in [0, 0.05) is 23.8 Å². The number of carbonyl (C=O) groups is 2. The van der Waals surface area contributed by atoms with Crippen LogP contribution in [0.3, 0.4) is 0 Å². The zero-order valence-electron chi connectivity index (χ0n) is 13.8. The van der Waals surface area contributed by atoms with Crippen LogP contribution in [-0.2, 0) is 4.79 Å². The number of ether oxygens (including phenoxy) is 1. The first-order valence-corrected chi connectivity index (χ1v) is 8.38. The molecular weight excluding hydrogens is 328 g/mol. The third-order valence-corrected chi connectivity index (χ3v) is 3.88. The molecule has 1 atom stereocenters. The topological polar surface area (TPSA) is 93.2 Å². The summed E-state index contributed by atoms with van der Waals surface area (Å²) in [6, 6.07) is 2.51. The normalized spacial score (nSPS) is 11.8. The third kappa shape index (κ3) is 5.02. The fourth-order valence-electron chi connectivity index (χ4n) is 2.08. The summed E-state index contributed by atoms with van der Waals surface area (Å²) in [5.41, 5.74) is 0.199. The molecule has 0 aliphatic heterocycles. The van der Waals surface area contributed by atoms with Crippen molar-refractivity contribution in [3.05, 3.63) is 35.6 Å². The molecule has 0 fully saturated rings. The first-order chi connectivity index (χ1) is 11.5. The average Bonchev–Trinajstić information content (AvgIpc) is 3.06. The van der Waals surface area contributed by atoms with Gasteiger partial charge in [-0.2, -0.15) is 0 Å². The van der Waals surface area contributed by atoms with Crippen LogP contribution in [0.2, 0.25) is 0 Å². The Hall–Kier alpha value is -2.48. The van der Waals surface area contributed by atoms with E-state index in [1.807, 2.05) is 13.8 Å². The largest absolute Gasteiger partial charge is 0.497 e. The summed E-state index contributed by atoms with van der Waals surface area (Å²) < 4.78 is 5.09. The second-order valence-electron chi connectivity index (χ2n) is 5.56. The summed E-state index contributed by atoms with van der Waals surface area (Å²) in [6.45, 7) is 3.97. The number of pyridine rings is 1. The number of hydrogen-bond acceptors (Lipinski definition) is 6. The van der Waals surface area contributed by atoms with Crippen LogP contribution in [0.25, 0.3) is 0 Å². The van der Waals surface area contributed by atoms with Gasteiger partial charge in [-0.25, -0.2) is 4.98 Å². The Kier molecular flexibility index (Phi) is 6.25. The average molecular weight is 348 g/mol. The highest BCUT2D eigenvalue weighted by atomic mass is 32.1. The van der Waals surface area contributed by atoms with E-state index >= 15 is 0 Å². The molecule has 0 radical (unpaired) electrons. The molecule has 1 unspecified atom stereocenters. The minimum absolute atomic E-state index is 0.199. The van der Waals surface area contributed by atoms with Gasteiger partial charge in [-0.1, -0.05) is 13.8 Å². The fraction of sp³-hybridized carbons (Fsp3) is 0.375. The number of thiazole rings is 1. The van der Waals surface area contributed by atoms with Gasteiger partial charge in [0.25, 0.3) is 5.91 Å². The van der Waals surface area contributed by atoms with E-state index in [1.54, 1.807) is 17.6 Å². The Morgan fingerprint density at radius 3 is 2.71 bits per heavy atom. The predicted molar refractivity (Wildman–Crippen MR) is 92.2 cm³/mol. The van der Waals surface area contributed by atoms with Gasteiger partial charge in [-0.15, -0.1) is 11.3 Å². The lowest BCUT2D eigenvalue weighted by molar-refractivity contribution is -0.118. The van der Waals surface area contributed by atoms with Crippen molar-refractivity contribution in [1.82, 2.24) is 15.3 Å². The van der Waals surface area contributed by atoms with E-state index in [4.69, 9.17) is 4.74 Å². The van der Waals surface area contributed by atoms with Crippen LogP contribution in [0.1, 0.15) is 30.8 Å². The van der Waals surface area contributed by atoms with Crippen molar-refractivity contribution in [3.63, 3.8) is 0 Å². The quantitative estimate of drug-likeness (QED) is 0.801. The van der Waals surface area contributed by atoms with Crippen molar-refractivity contribution in [2.24, 2.45) is 5.92 Å². The minimum atomic E-state index is -0.672. The molecule has 0 saturated heterocycles. The number of anilines is 1. The number of carbonyl (C=O) groups excluding carboxylic acids is 2. The zero-order chi connectivity index (χ0) is 17.5. The molecular formula is C16H20N4O3S. The Balaban J connectivity index is 2.09. The van der Waals surface area contributed by atoms with E-state index in [0.29, 0.717) is 17.3 Å². The number of rotatable bonds is 7. The molecule has 2 heterocycles. The summed E-state index contributed by atoms with van der Waals surface area (Å²) in [5, 5.41) is 7.72. The van der Waals surface area contributed by atoms with E-state index in [1.165, 1.54) is 30.7 Å². The van der Waals surface area contributed by atoms with E-state index in [2.05, 4.69) is 20.6 Å². The van der Waals surface area contributed by atoms with Gasteiger partial charge < -0.3 is 15.4 Å². The zero-order valence-corrected chi connectivity index (χ0v) is 14.6. The van der Waals surface area contributed by atoms with Crippen molar-refractivity contribution in [1.29, 1.82) is 0 Å². The van der Waals surface area contributed by atoms with E-state index in [9.17, 15) is 9.59 Å². The summed E-state index contributed by atoms with van der Waals surface area (Å²) in [6.07, 6.45) is 3.60. The molecule has 0 aromatic carbocycles. The summed E-state index contributed by atoms with van der Waals surface area (Å²) in [4.78, 5) is 32.9. The van der Waals surface area contributed by atoms with Gasteiger partial charge in [0.1, 0.15) is 17.5 Å². The molecule has 7 nitrogen and oxygen atoms in total. The van der Waals surface area contributed by atoms with Crippen LogP contribution < -0.4 is 15.4 Å². The Bertz CT molecular complexity index is 688. The molecule has 8 heteroatoms. The van der Waals surface area contributed by atoms with Crippen molar-refractivity contribution in [2.45, 2.75) is 26.3 Å². The van der Waals surface area contributed by atoms with Crippen molar-refractivity contribution >= 4 is 28.3 Å².